The van der Waals surface area contributed by atoms with Gasteiger partial charge in [0.05, 0.1) is 0 Å². The van der Waals surface area contributed by atoms with Crippen molar-refractivity contribution in [1.82, 2.24) is 9.97 Å². The number of hydrogen-bond donors (Lipinski definition) is 1. The fourth-order valence-corrected chi connectivity index (χ4v) is 7.88. The summed E-state index contributed by atoms with van der Waals surface area (Å²) in [5, 5.41) is 16.6. The maximum Gasteiger partial charge on any atom is 0.223 e. The average Bonchev–Trinajstić information content (AvgIpc) is 3.77. The van der Waals surface area contributed by atoms with Crippen molar-refractivity contribution in [2.24, 2.45) is 10.8 Å². The van der Waals surface area contributed by atoms with E-state index in [0.29, 0.717) is 5.71 Å². The third-order valence-electron chi connectivity index (χ3n) is 10.2. The molecule has 8 heteroatoms. The number of aromatic nitrogens is 2. The summed E-state index contributed by atoms with van der Waals surface area (Å²) in [7, 11) is 0. The standard InChI is InChI=1S/C25H19N2OS2.C15H28O2.Ir/c1-13-7-15-10-19-17(11-20(15)30-13)21-22(26-12-27-24(21)28-19)16-8-14-5-6-29-23(14)18(9-16)25(2,3)4;1-7-14(5,8-2)12(16)11-13(17)15(6,9-3)10-4;/h5-7,9-12H,1-4H3;11,16H,7-10H2,1-6H3;/q-1;;/b;12-11-;. The number of thiophene rings is 2. The minimum Gasteiger partial charge on any atom is -0.512 e. The van der Waals surface area contributed by atoms with Crippen molar-refractivity contribution in [3.63, 3.8) is 0 Å². The molecule has 6 aromatic rings. The Morgan fingerprint density at radius 1 is 0.958 bits per heavy atom. The molecular weight excluding hydrogens is 813 g/mol. The molecule has 257 valence electrons. The van der Waals surface area contributed by atoms with Gasteiger partial charge in [0.25, 0.3) is 0 Å². The van der Waals surface area contributed by atoms with Crippen LogP contribution in [0.4, 0.5) is 0 Å². The Morgan fingerprint density at radius 3 is 2.25 bits per heavy atom. The van der Waals surface area contributed by atoms with Gasteiger partial charge in [0.2, 0.25) is 5.71 Å². The Balaban J connectivity index is 0.000000251. The average molecular weight is 860 g/mol. The Bertz CT molecular complexity index is 2100. The second kappa shape index (κ2) is 14.5. The quantitative estimate of drug-likeness (QED) is 0.0937. The number of benzene rings is 2. The van der Waals surface area contributed by atoms with E-state index >= 15 is 0 Å². The minimum absolute atomic E-state index is 0. The van der Waals surface area contributed by atoms with Gasteiger partial charge >= 0.3 is 0 Å². The predicted octanol–water partition coefficient (Wildman–Crippen LogP) is 12.5. The number of carbonyl (C=O) groups excluding carboxylic acids is 1. The second-order valence-electron chi connectivity index (χ2n) is 14.2. The summed E-state index contributed by atoms with van der Waals surface area (Å²) in [6.45, 7) is 21.0. The SMILES string of the molecule is CCC(C)(CC)C(=O)/C=C(\O)C(C)(CC)CC.Cc1cc2cc3oc4ncnc(-c5[c-]c6ccsc6c(C(C)(C)C)c5)c4c3cc2s1.[Ir]. The Labute approximate surface area is 306 Å². The molecule has 6 rings (SSSR count). The monoisotopic (exact) mass is 860 g/mol. The number of carbonyl (C=O) groups is 1. The predicted molar refractivity (Wildman–Crippen MR) is 201 cm³/mol. The van der Waals surface area contributed by atoms with E-state index in [0.717, 1.165) is 58.7 Å². The van der Waals surface area contributed by atoms with Gasteiger partial charge in [-0.05, 0) is 71.7 Å². The first kappa shape index (κ1) is 37.9. The third-order valence-corrected chi connectivity index (χ3v) is 12.1. The number of fused-ring (bicyclic) bond motifs is 5. The van der Waals surface area contributed by atoms with E-state index in [1.54, 1.807) is 29.0 Å². The van der Waals surface area contributed by atoms with Gasteiger partial charge in [-0.15, -0.1) is 34.9 Å². The first-order valence-corrected chi connectivity index (χ1v) is 18.3. The molecular formula is C40H47IrN2O3S2-. The van der Waals surface area contributed by atoms with E-state index in [1.165, 1.54) is 31.3 Å². The molecule has 1 radical (unpaired) electrons. The number of aryl methyl sites for hydroxylation is 1. The van der Waals surface area contributed by atoms with Crippen LogP contribution in [-0.2, 0) is 30.3 Å². The number of aliphatic hydroxyl groups excluding tert-OH is 1. The molecule has 0 saturated heterocycles. The summed E-state index contributed by atoms with van der Waals surface area (Å²) in [4.78, 5) is 22.6. The normalized spacial score (nSPS) is 12.8. The van der Waals surface area contributed by atoms with Crippen molar-refractivity contribution < 1.29 is 34.4 Å². The number of ketones is 1. The fourth-order valence-electron chi connectivity index (χ4n) is 5.85. The van der Waals surface area contributed by atoms with Gasteiger partial charge in [0, 0.05) is 63.1 Å². The van der Waals surface area contributed by atoms with Crippen LogP contribution in [0.3, 0.4) is 0 Å². The largest absolute Gasteiger partial charge is 0.512 e. The van der Waals surface area contributed by atoms with E-state index < -0.39 is 0 Å². The van der Waals surface area contributed by atoms with E-state index in [2.05, 4.69) is 74.5 Å². The van der Waals surface area contributed by atoms with Crippen LogP contribution < -0.4 is 0 Å². The van der Waals surface area contributed by atoms with Crippen molar-refractivity contribution in [3.8, 4) is 11.3 Å². The molecule has 0 bridgehead atoms. The zero-order chi connectivity index (χ0) is 34.3. The number of furan rings is 1. The Morgan fingerprint density at radius 2 is 1.62 bits per heavy atom. The van der Waals surface area contributed by atoms with Gasteiger partial charge in [0.15, 0.2) is 5.78 Å². The molecule has 0 aliphatic rings. The molecule has 0 atom stereocenters. The van der Waals surface area contributed by atoms with E-state index in [1.807, 2.05) is 41.5 Å². The molecule has 2 aromatic carbocycles. The maximum absolute atomic E-state index is 12.2. The summed E-state index contributed by atoms with van der Waals surface area (Å²) in [5.41, 5.74) is 4.09. The molecule has 1 N–H and O–H groups in total. The first-order valence-electron chi connectivity index (χ1n) is 16.6. The molecule has 0 aliphatic carbocycles. The van der Waals surface area contributed by atoms with Crippen LogP contribution in [0.5, 0.6) is 0 Å². The Hall–Kier alpha value is -2.90. The van der Waals surface area contributed by atoms with Gasteiger partial charge in [-0.2, -0.15) is 11.3 Å². The minimum atomic E-state index is -0.337. The topological polar surface area (TPSA) is 76.2 Å². The molecule has 5 nitrogen and oxygen atoms in total. The van der Waals surface area contributed by atoms with E-state index in [-0.39, 0.29) is 47.9 Å². The molecule has 0 amide bonds. The summed E-state index contributed by atoms with van der Waals surface area (Å²) in [5.74, 6) is 0.286. The summed E-state index contributed by atoms with van der Waals surface area (Å²) in [6, 6.07) is 14.5. The summed E-state index contributed by atoms with van der Waals surface area (Å²) >= 11 is 3.58. The molecule has 4 aromatic heterocycles. The number of hydrogen-bond acceptors (Lipinski definition) is 7. The Kier molecular flexibility index (Phi) is 11.5. The number of aliphatic hydroxyl groups is 1. The van der Waals surface area contributed by atoms with Crippen LogP contribution in [0.15, 0.2) is 58.3 Å². The van der Waals surface area contributed by atoms with Crippen LogP contribution in [0.25, 0.3) is 53.5 Å². The summed E-state index contributed by atoms with van der Waals surface area (Å²) in [6.07, 6.45) is 6.35. The second-order valence-corrected chi connectivity index (χ2v) is 16.4. The van der Waals surface area contributed by atoms with E-state index in [9.17, 15) is 9.90 Å². The molecule has 0 fully saturated rings. The molecule has 0 unspecified atom stereocenters. The first-order chi connectivity index (χ1) is 22.2. The fraction of sp³-hybridized carbons (Fsp3) is 0.425. The molecule has 0 aliphatic heterocycles. The molecule has 4 heterocycles. The van der Waals surface area contributed by atoms with Crippen LogP contribution in [0.2, 0.25) is 0 Å². The molecule has 0 saturated carbocycles. The van der Waals surface area contributed by atoms with Gasteiger partial charge in [-0.25, -0.2) is 4.98 Å². The van der Waals surface area contributed by atoms with Gasteiger partial charge in [0.1, 0.15) is 17.7 Å². The van der Waals surface area contributed by atoms with Gasteiger partial charge < -0.3 is 9.52 Å². The van der Waals surface area contributed by atoms with E-state index in [4.69, 9.17) is 9.40 Å². The zero-order valence-electron chi connectivity index (χ0n) is 29.8. The van der Waals surface area contributed by atoms with Crippen LogP contribution in [-0.4, -0.2) is 20.9 Å². The van der Waals surface area contributed by atoms with Crippen molar-refractivity contribution in [2.75, 3.05) is 0 Å². The van der Waals surface area contributed by atoms with Crippen molar-refractivity contribution in [3.05, 3.63) is 70.4 Å². The van der Waals surface area contributed by atoms with Crippen molar-refractivity contribution in [1.29, 1.82) is 0 Å². The van der Waals surface area contributed by atoms with Crippen LogP contribution >= 0.6 is 22.7 Å². The van der Waals surface area contributed by atoms with Crippen LogP contribution in [0, 0.1) is 23.8 Å². The third kappa shape index (κ3) is 7.19. The van der Waals surface area contributed by atoms with Crippen molar-refractivity contribution in [2.45, 2.75) is 100 Å². The summed E-state index contributed by atoms with van der Waals surface area (Å²) < 4.78 is 8.69. The number of nitrogens with zero attached hydrogens (tertiary/aromatic N) is 2. The maximum atomic E-state index is 12.2. The van der Waals surface area contributed by atoms with Crippen molar-refractivity contribution >= 4 is 70.7 Å². The smallest absolute Gasteiger partial charge is 0.223 e. The zero-order valence-corrected chi connectivity index (χ0v) is 33.8. The molecule has 48 heavy (non-hydrogen) atoms. The number of rotatable bonds is 8. The number of allylic oxidation sites excluding steroid dienone is 2. The molecule has 0 spiro atoms. The van der Waals surface area contributed by atoms with Gasteiger partial charge in [-0.3, -0.25) is 9.78 Å². The van der Waals surface area contributed by atoms with Crippen LogP contribution in [0.1, 0.15) is 98.4 Å². The van der Waals surface area contributed by atoms with Gasteiger partial charge in [-0.1, -0.05) is 73.4 Å².